The first-order valence-electron chi connectivity index (χ1n) is 7.15. The molecule has 0 radical (unpaired) electrons. The second-order valence-corrected chi connectivity index (χ2v) is 8.99. The van der Waals surface area contributed by atoms with Crippen molar-refractivity contribution in [2.24, 2.45) is 0 Å². The van der Waals surface area contributed by atoms with E-state index in [0.717, 1.165) is 6.07 Å². The van der Waals surface area contributed by atoms with Gasteiger partial charge in [0.15, 0.2) is 0 Å². The standard InChI is InChI=1S/C16H22O7S.Na.H/c1-15(2,3)9-7-8(13(17)18)12(24(21,22)23)11(16(4,5)6)10(9)14(19)20;;/h7H,1-6H3,(H,17,18)(H,19,20)(H,21,22,23);;/q;+1;-1. The van der Waals surface area contributed by atoms with E-state index in [0.29, 0.717) is 0 Å². The summed E-state index contributed by atoms with van der Waals surface area (Å²) in [5.74, 6) is -2.94. The molecular weight excluding hydrogens is 359 g/mol. The molecule has 0 heterocycles. The summed E-state index contributed by atoms with van der Waals surface area (Å²) in [5.41, 5.74) is -2.77. The minimum Gasteiger partial charge on any atom is -1.00 e. The fourth-order valence-corrected chi connectivity index (χ4v) is 3.71. The van der Waals surface area contributed by atoms with Gasteiger partial charge in [-0.2, -0.15) is 8.42 Å². The molecule has 0 aliphatic carbocycles. The Morgan fingerprint density at radius 2 is 1.40 bits per heavy atom. The third-order valence-electron chi connectivity index (χ3n) is 3.54. The summed E-state index contributed by atoms with van der Waals surface area (Å²) in [6.07, 6.45) is 0. The Labute approximate surface area is 171 Å². The number of hydrogen-bond donors (Lipinski definition) is 3. The summed E-state index contributed by atoms with van der Waals surface area (Å²) in [6.45, 7) is 9.75. The smallest absolute Gasteiger partial charge is 1.00 e. The molecule has 0 bridgehead atoms. The Hall–Kier alpha value is -0.930. The molecule has 0 aliphatic rings. The number of carbonyl (C=O) groups is 2. The van der Waals surface area contributed by atoms with Gasteiger partial charge in [-0.25, -0.2) is 9.59 Å². The van der Waals surface area contributed by atoms with E-state index in [2.05, 4.69) is 0 Å². The topological polar surface area (TPSA) is 129 Å². The predicted octanol–water partition coefficient (Wildman–Crippen LogP) is 0.0412. The zero-order chi connectivity index (χ0) is 19.2. The van der Waals surface area contributed by atoms with E-state index in [9.17, 15) is 32.8 Å². The van der Waals surface area contributed by atoms with Crippen LogP contribution in [-0.4, -0.2) is 35.1 Å². The third-order valence-corrected chi connectivity index (χ3v) is 4.48. The minimum absolute atomic E-state index is 0. The molecule has 0 amide bonds. The molecule has 1 aromatic carbocycles. The molecule has 25 heavy (non-hydrogen) atoms. The Kier molecular flexibility index (Phi) is 7.09. The predicted molar refractivity (Wildman–Crippen MR) is 88.7 cm³/mol. The van der Waals surface area contributed by atoms with Gasteiger partial charge in [-0.05, 0) is 28.0 Å². The first kappa shape index (κ1) is 24.1. The van der Waals surface area contributed by atoms with Crippen LogP contribution in [0.5, 0.6) is 0 Å². The van der Waals surface area contributed by atoms with Gasteiger partial charge < -0.3 is 11.6 Å². The van der Waals surface area contributed by atoms with Crippen molar-refractivity contribution in [1.29, 1.82) is 0 Å². The average molecular weight is 382 g/mol. The maximum absolute atomic E-state index is 11.9. The number of carboxylic acid groups (broad SMARTS) is 2. The van der Waals surface area contributed by atoms with E-state index in [1.165, 1.54) is 0 Å². The van der Waals surface area contributed by atoms with E-state index < -0.39 is 43.3 Å². The van der Waals surface area contributed by atoms with Gasteiger partial charge in [0.05, 0.1) is 11.1 Å². The molecule has 1 rings (SSSR count). The fraction of sp³-hybridized carbons (Fsp3) is 0.500. The van der Waals surface area contributed by atoms with E-state index in [-0.39, 0.29) is 47.7 Å². The Morgan fingerprint density at radius 1 is 0.960 bits per heavy atom. The number of rotatable bonds is 3. The molecule has 0 saturated heterocycles. The van der Waals surface area contributed by atoms with Crippen molar-refractivity contribution in [3.05, 3.63) is 28.3 Å². The van der Waals surface area contributed by atoms with Crippen LogP contribution in [0.1, 0.15) is 74.8 Å². The summed E-state index contributed by atoms with van der Waals surface area (Å²) < 4.78 is 33.3. The molecule has 7 nitrogen and oxygen atoms in total. The van der Waals surface area contributed by atoms with Crippen LogP contribution < -0.4 is 29.6 Å². The zero-order valence-electron chi connectivity index (χ0n) is 16.5. The Morgan fingerprint density at radius 3 is 1.64 bits per heavy atom. The van der Waals surface area contributed by atoms with Crippen LogP contribution in [0.2, 0.25) is 0 Å². The van der Waals surface area contributed by atoms with Crippen molar-refractivity contribution in [2.75, 3.05) is 0 Å². The van der Waals surface area contributed by atoms with Gasteiger partial charge >= 0.3 is 41.5 Å². The summed E-state index contributed by atoms with van der Waals surface area (Å²) in [6, 6.07) is 1.02. The largest absolute Gasteiger partial charge is 1.00 e. The van der Waals surface area contributed by atoms with Gasteiger partial charge in [0.2, 0.25) is 0 Å². The average Bonchev–Trinajstić information content (AvgIpc) is 2.32. The quantitative estimate of drug-likeness (QED) is 0.497. The molecule has 136 valence electrons. The van der Waals surface area contributed by atoms with Crippen molar-refractivity contribution < 1.29 is 63.8 Å². The molecule has 1 aromatic rings. The fourth-order valence-electron chi connectivity index (χ4n) is 2.62. The molecule has 0 aromatic heterocycles. The summed E-state index contributed by atoms with van der Waals surface area (Å²) >= 11 is 0. The summed E-state index contributed by atoms with van der Waals surface area (Å²) in [5, 5.41) is 19.1. The van der Waals surface area contributed by atoms with Crippen molar-refractivity contribution in [2.45, 2.75) is 57.3 Å². The Bertz CT molecular complexity index is 818. The molecule has 0 aliphatic heterocycles. The maximum Gasteiger partial charge on any atom is 1.00 e. The van der Waals surface area contributed by atoms with Crippen LogP contribution in [0.3, 0.4) is 0 Å². The molecule has 0 spiro atoms. The van der Waals surface area contributed by atoms with Gasteiger partial charge in [0.25, 0.3) is 10.1 Å². The number of hydrogen-bond acceptors (Lipinski definition) is 4. The van der Waals surface area contributed by atoms with E-state index in [4.69, 9.17) is 0 Å². The molecule has 9 heteroatoms. The van der Waals surface area contributed by atoms with Gasteiger partial charge in [0, 0.05) is 0 Å². The van der Waals surface area contributed by atoms with Gasteiger partial charge in [-0.15, -0.1) is 0 Å². The molecule has 0 atom stereocenters. The van der Waals surface area contributed by atoms with Crippen molar-refractivity contribution >= 4 is 22.1 Å². The van der Waals surface area contributed by atoms with Gasteiger partial charge in [0.1, 0.15) is 4.90 Å². The molecular formula is C16H23NaO7S. The number of carboxylic acids is 2. The van der Waals surface area contributed by atoms with Gasteiger partial charge in [-0.3, -0.25) is 4.55 Å². The van der Waals surface area contributed by atoms with Gasteiger partial charge in [-0.1, -0.05) is 41.5 Å². The van der Waals surface area contributed by atoms with Crippen LogP contribution in [0, 0.1) is 0 Å². The zero-order valence-corrected chi connectivity index (χ0v) is 18.3. The second-order valence-electron chi connectivity index (χ2n) is 7.64. The number of aromatic carboxylic acids is 2. The van der Waals surface area contributed by atoms with Crippen LogP contribution in [0.4, 0.5) is 0 Å². The van der Waals surface area contributed by atoms with E-state index in [1.54, 1.807) is 41.5 Å². The first-order valence-corrected chi connectivity index (χ1v) is 8.59. The van der Waals surface area contributed by atoms with Crippen molar-refractivity contribution in [3.8, 4) is 0 Å². The Balaban J connectivity index is 0. The summed E-state index contributed by atoms with van der Waals surface area (Å²) in [7, 11) is -4.95. The van der Waals surface area contributed by atoms with Crippen LogP contribution in [0.15, 0.2) is 11.0 Å². The summed E-state index contributed by atoms with van der Waals surface area (Å²) in [4.78, 5) is 22.6. The number of benzene rings is 1. The first-order chi connectivity index (χ1) is 10.5. The van der Waals surface area contributed by atoms with Crippen LogP contribution in [-0.2, 0) is 20.9 Å². The van der Waals surface area contributed by atoms with Crippen molar-refractivity contribution in [1.82, 2.24) is 0 Å². The monoisotopic (exact) mass is 382 g/mol. The third kappa shape index (κ3) is 5.04. The molecule has 0 unspecified atom stereocenters. The second kappa shape index (κ2) is 7.36. The SMILES string of the molecule is CC(C)(C)c1cc(C(=O)O)c(S(=O)(=O)O)c(C(C)(C)C)c1C(=O)O.[H-].[Na+]. The molecule has 3 N–H and O–H groups in total. The normalized spacial score (nSPS) is 12.4. The minimum atomic E-state index is -4.95. The molecule has 0 fully saturated rings. The van der Waals surface area contributed by atoms with Crippen LogP contribution in [0.25, 0.3) is 0 Å². The molecule has 0 saturated carbocycles. The van der Waals surface area contributed by atoms with Crippen molar-refractivity contribution in [3.63, 3.8) is 0 Å². The maximum atomic E-state index is 11.9. The van der Waals surface area contributed by atoms with E-state index in [1.807, 2.05) is 0 Å². The van der Waals surface area contributed by atoms with Crippen LogP contribution >= 0.6 is 0 Å². The van der Waals surface area contributed by atoms with E-state index >= 15 is 0 Å².